The van der Waals surface area contributed by atoms with Crippen LogP contribution < -0.4 is 4.90 Å². The van der Waals surface area contributed by atoms with Crippen molar-refractivity contribution in [2.75, 3.05) is 4.90 Å². The van der Waals surface area contributed by atoms with E-state index in [2.05, 4.69) is 117 Å². The van der Waals surface area contributed by atoms with Crippen LogP contribution >= 0.6 is 11.8 Å². The topological polar surface area (TPSA) is 3.24 Å². The Balaban J connectivity index is 1.85. The molecule has 27 heavy (non-hydrogen) atoms. The highest BCUT2D eigenvalue weighted by molar-refractivity contribution is 8.00. The van der Waals surface area contributed by atoms with Crippen molar-refractivity contribution >= 4 is 17.4 Å². The van der Waals surface area contributed by atoms with Crippen LogP contribution in [-0.4, -0.2) is 6.04 Å². The van der Waals surface area contributed by atoms with Gasteiger partial charge in [-0.3, -0.25) is 0 Å². The molecule has 0 spiro atoms. The molecule has 1 aliphatic heterocycles. The van der Waals surface area contributed by atoms with Crippen LogP contribution in [0.2, 0.25) is 0 Å². The second-order valence-electron chi connectivity index (χ2n) is 7.56. The number of hydrogen-bond acceptors (Lipinski definition) is 2. The highest BCUT2D eigenvalue weighted by Crippen LogP contribution is 2.56. The predicted molar refractivity (Wildman–Crippen MR) is 119 cm³/mol. The van der Waals surface area contributed by atoms with Gasteiger partial charge in [0.1, 0.15) is 5.37 Å². The number of anilines is 1. The van der Waals surface area contributed by atoms with Gasteiger partial charge in [-0.15, -0.1) is 11.8 Å². The lowest BCUT2D eigenvalue weighted by Gasteiger charge is -2.33. The van der Waals surface area contributed by atoms with Crippen LogP contribution in [0.25, 0.3) is 0 Å². The van der Waals surface area contributed by atoms with Gasteiger partial charge in [0.2, 0.25) is 0 Å². The Labute approximate surface area is 167 Å². The first-order valence-corrected chi connectivity index (χ1v) is 10.6. The summed E-state index contributed by atoms with van der Waals surface area (Å²) in [6.45, 7) is 9.11. The first-order valence-electron chi connectivity index (χ1n) is 9.68. The fraction of sp³-hybridized carbons (Fsp3) is 0.280. The zero-order valence-corrected chi connectivity index (χ0v) is 17.3. The van der Waals surface area contributed by atoms with E-state index in [9.17, 15) is 0 Å². The van der Waals surface area contributed by atoms with Gasteiger partial charge in [0, 0.05) is 11.7 Å². The van der Waals surface area contributed by atoms with Crippen LogP contribution in [-0.2, 0) is 0 Å². The van der Waals surface area contributed by atoms with E-state index in [1.165, 1.54) is 33.5 Å². The normalized spacial score (nSPS) is 22.2. The lowest BCUT2D eigenvalue weighted by molar-refractivity contribution is 0.649. The number of nitrogens with zero attached hydrogens (tertiary/aromatic N) is 1. The van der Waals surface area contributed by atoms with E-state index < -0.39 is 0 Å². The molecular formula is C25H27NS. The predicted octanol–water partition coefficient (Wildman–Crippen LogP) is 6.99. The number of para-hydroxylation sites is 1. The molecule has 3 atom stereocenters. The van der Waals surface area contributed by atoms with Gasteiger partial charge < -0.3 is 4.90 Å². The van der Waals surface area contributed by atoms with E-state index in [1.54, 1.807) is 0 Å². The molecule has 0 aliphatic carbocycles. The fourth-order valence-electron chi connectivity index (χ4n) is 4.30. The van der Waals surface area contributed by atoms with Gasteiger partial charge in [0.25, 0.3) is 0 Å². The first-order chi connectivity index (χ1) is 13.1. The molecule has 0 aromatic heterocycles. The first kappa shape index (κ1) is 18.2. The summed E-state index contributed by atoms with van der Waals surface area (Å²) in [7, 11) is 0. The lowest BCUT2D eigenvalue weighted by atomic mass is 9.99. The molecule has 2 heteroatoms. The van der Waals surface area contributed by atoms with Gasteiger partial charge in [-0.1, -0.05) is 66.7 Å². The van der Waals surface area contributed by atoms with E-state index in [-0.39, 0.29) is 0 Å². The molecule has 1 heterocycles. The second kappa shape index (κ2) is 7.44. The molecule has 3 aromatic rings. The fourth-order valence-corrected chi connectivity index (χ4v) is 6.20. The Hall–Kier alpha value is -2.19. The summed E-state index contributed by atoms with van der Waals surface area (Å²) >= 11 is 2.09. The number of rotatable bonds is 3. The lowest BCUT2D eigenvalue weighted by Crippen LogP contribution is -2.32. The Kier molecular flexibility index (Phi) is 5.01. The van der Waals surface area contributed by atoms with Gasteiger partial charge in [0.15, 0.2) is 0 Å². The van der Waals surface area contributed by atoms with Crippen molar-refractivity contribution in [2.24, 2.45) is 0 Å². The van der Waals surface area contributed by atoms with E-state index in [1.807, 2.05) is 0 Å². The summed E-state index contributed by atoms with van der Waals surface area (Å²) in [5, 5.41) is 0.780. The van der Waals surface area contributed by atoms with Crippen LogP contribution in [0.5, 0.6) is 0 Å². The smallest absolute Gasteiger partial charge is 0.102 e. The van der Waals surface area contributed by atoms with Crippen LogP contribution in [0.4, 0.5) is 5.69 Å². The van der Waals surface area contributed by atoms with Gasteiger partial charge in [-0.25, -0.2) is 0 Å². The second-order valence-corrected chi connectivity index (χ2v) is 8.79. The third-order valence-corrected chi connectivity index (χ3v) is 7.40. The summed E-state index contributed by atoms with van der Waals surface area (Å²) in [5.74, 6) is 0. The third-order valence-electron chi connectivity index (χ3n) is 5.72. The van der Waals surface area contributed by atoms with Crippen molar-refractivity contribution in [1.29, 1.82) is 0 Å². The van der Waals surface area contributed by atoms with E-state index in [0.717, 1.165) is 0 Å². The Bertz CT molecular complexity index is 914. The number of thioether (sulfide) groups is 1. The minimum absolute atomic E-state index is 0.326. The molecule has 2 unspecified atom stereocenters. The highest BCUT2D eigenvalue weighted by Gasteiger charge is 2.42. The maximum Gasteiger partial charge on any atom is 0.102 e. The molecule has 0 radical (unpaired) electrons. The molecule has 3 aromatic carbocycles. The minimum atomic E-state index is 0.326. The van der Waals surface area contributed by atoms with Gasteiger partial charge in [0.05, 0.1) is 5.25 Å². The Morgan fingerprint density at radius 1 is 0.704 bits per heavy atom. The van der Waals surface area contributed by atoms with Gasteiger partial charge in [-0.05, 0) is 61.6 Å². The summed E-state index contributed by atoms with van der Waals surface area (Å²) in [6, 6.07) is 26.9. The molecular weight excluding hydrogens is 346 g/mol. The largest absolute Gasteiger partial charge is 0.351 e. The molecule has 1 fully saturated rings. The number of aryl methyl sites for hydroxylation is 3. The average Bonchev–Trinajstić information content (AvgIpc) is 3.00. The minimum Gasteiger partial charge on any atom is -0.351 e. The molecule has 0 amide bonds. The van der Waals surface area contributed by atoms with Crippen molar-refractivity contribution in [3.05, 3.63) is 101 Å². The monoisotopic (exact) mass is 373 g/mol. The molecule has 0 N–H and O–H groups in total. The van der Waals surface area contributed by atoms with Crippen LogP contribution in [0, 0.1) is 20.8 Å². The van der Waals surface area contributed by atoms with E-state index >= 15 is 0 Å². The number of benzene rings is 3. The Morgan fingerprint density at radius 2 is 1.30 bits per heavy atom. The molecule has 1 saturated heterocycles. The zero-order chi connectivity index (χ0) is 19.0. The van der Waals surface area contributed by atoms with Crippen molar-refractivity contribution in [3.8, 4) is 0 Å². The van der Waals surface area contributed by atoms with E-state index in [0.29, 0.717) is 16.7 Å². The summed E-state index contributed by atoms with van der Waals surface area (Å²) in [4.78, 5) is 2.65. The van der Waals surface area contributed by atoms with E-state index in [4.69, 9.17) is 0 Å². The molecule has 4 rings (SSSR count). The molecule has 1 aliphatic rings. The SMILES string of the molecule is Cc1ccccc1N1C(c2c(C)cccc2C)SC(c2ccccc2)[C@@H]1C. The maximum absolute atomic E-state index is 2.65. The molecule has 0 bridgehead atoms. The van der Waals surface area contributed by atoms with Crippen molar-refractivity contribution in [3.63, 3.8) is 0 Å². The van der Waals surface area contributed by atoms with Crippen molar-refractivity contribution in [2.45, 2.75) is 44.4 Å². The van der Waals surface area contributed by atoms with Crippen LogP contribution in [0.1, 0.15) is 45.4 Å². The van der Waals surface area contributed by atoms with Crippen molar-refractivity contribution < 1.29 is 0 Å². The van der Waals surface area contributed by atoms with Crippen LogP contribution in [0.15, 0.2) is 72.8 Å². The van der Waals surface area contributed by atoms with Gasteiger partial charge in [-0.2, -0.15) is 0 Å². The highest BCUT2D eigenvalue weighted by atomic mass is 32.2. The quantitative estimate of drug-likeness (QED) is 0.486. The Morgan fingerprint density at radius 3 is 1.96 bits per heavy atom. The third kappa shape index (κ3) is 3.27. The summed E-state index contributed by atoms with van der Waals surface area (Å²) in [6.07, 6.45) is 0. The standard InChI is InChI=1S/C25H27NS/c1-17-11-8-9-16-22(17)26-20(4)24(21-14-6-5-7-15-21)27-25(26)23-18(2)12-10-13-19(23)3/h5-16,20,24-25H,1-4H3/t20-,24?,25?/m0/s1. The van der Waals surface area contributed by atoms with Crippen LogP contribution in [0.3, 0.4) is 0 Å². The summed E-state index contributed by atoms with van der Waals surface area (Å²) in [5.41, 5.74) is 8.34. The summed E-state index contributed by atoms with van der Waals surface area (Å²) < 4.78 is 0. The molecule has 138 valence electrons. The van der Waals surface area contributed by atoms with Crippen molar-refractivity contribution in [1.82, 2.24) is 0 Å². The number of hydrogen-bond donors (Lipinski definition) is 0. The zero-order valence-electron chi connectivity index (χ0n) is 16.5. The maximum atomic E-state index is 2.65. The molecule has 1 nitrogen and oxygen atoms in total. The van der Waals surface area contributed by atoms with Gasteiger partial charge >= 0.3 is 0 Å². The average molecular weight is 374 g/mol. The molecule has 0 saturated carbocycles.